The minimum Gasteiger partial charge on any atom is -0.398 e. The lowest BCUT2D eigenvalue weighted by molar-refractivity contribution is -0.118. The van der Waals surface area contributed by atoms with Crippen LogP contribution in [0.1, 0.15) is 12.5 Å². The molecule has 0 atom stereocenters. The Hall–Kier alpha value is -1.71. The Labute approximate surface area is 89.9 Å². The van der Waals surface area contributed by atoms with E-state index in [1.807, 2.05) is 25.1 Å². The maximum absolute atomic E-state index is 10.6. The molecule has 1 amide bonds. The fraction of sp³-hybridized carbons (Fsp3) is 0.364. The van der Waals surface area contributed by atoms with E-state index >= 15 is 0 Å². The number of hydrogen-bond donors (Lipinski definition) is 3. The van der Waals surface area contributed by atoms with Gasteiger partial charge in [0.05, 0.1) is 0 Å². The van der Waals surface area contributed by atoms with Crippen LogP contribution in [-0.4, -0.2) is 19.0 Å². The minimum atomic E-state index is -0.0137. The molecule has 0 unspecified atom stereocenters. The Balaban J connectivity index is 2.38. The molecule has 4 nitrogen and oxygen atoms in total. The number of benzene rings is 1. The van der Waals surface area contributed by atoms with Gasteiger partial charge < -0.3 is 16.4 Å². The summed E-state index contributed by atoms with van der Waals surface area (Å²) >= 11 is 0. The number of anilines is 2. The van der Waals surface area contributed by atoms with Crippen molar-refractivity contribution in [1.82, 2.24) is 5.32 Å². The summed E-state index contributed by atoms with van der Waals surface area (Å²) in [5, 5.41) is 5.88. The van der Waals surface area contributed by atoms with Crippen LogP contribution in [0, 0.1) is 6.92 Å². The van der Waals surface area contributed by atoms with Gasteiger partial charge >= 0.3 is 0 Å². The highest BCUT2D eigenvalue weighted by Gasteiger charge is 1.96. The zero-order valence-corrected chi connectivity index (χ0v) is 9.13. The number of aryl methyl sites for hydroxylation is 1. The fourth-order valence-electron chi connectivity index (χ4n) is 1.20. The van der Waals surface area contributed by atoms with E-state index in [9.17, 15) is 4.79 Å². The molecule has 0 bridgehead atoms. The molecule has 0 radical (unpaired) electrons. The molecular formula is C11H17N3O. The maximum Gasteiger partial charge on any atom is 0.216 e. The molecule has 4 N–H and O–H groups in total. The van der Waals surface area contributed by atoms with Gasteiger partial charge in [0.25, 0.3) is 0 Å². The number of rotatable bonds is 4. The van der Waals surface area contributed by atoms with E-state index in [0.29, 0.717) is 13.1 Å². The molecule has 0 heterocycles. The third-order valence-corrected chi connectivity index (χ3v) is 2.11. The fourth-order valence-corrected chi connectivity index (χ4v) is 1.20. The number of amides is 1. The predicted molar refractivity (Wildman–Crippen MR) is 62.8 cm³/mol. The number of nitrogen functional groups attached to an aromatic ring is 1. The summed E-state index contributed by atoms with van der Waals surface area (Å²) in [5.41, 5.74) is 8.59. The van der Waals surface area contributed by atoms with Crippen LogP contribution < -0.4 is 16.4 Å². The van der Waals surface area contributed by atoms with Gasteiger partial charge in [-0.3, -0.25) is 4.79 Å². The van der Waals surface area contributed by atoms with Crippen molar-refractivity contribution in [1.29, 1.82) is 0 Å². The van der Waals surface area contributed by atoms with E-state index in [-0.39, 0.29) is 5.91 Å². The molecule has 15 heavy (non-hydrogen) atoms. The second-order valence-electron chi connectivity index (χ2n) is 3.48. The summed E-state index contributed by atoms with van der Waals surface area (Å²) in [4.78, 5) is 10.6. The van der Waals surface area contributed by atoms with Gasteiger partial charge in [-0.15, -0.1) is 0 Å². The van der Waals surface area contributed by atoms with Crippen LogP contribution in [0.15, 0.2) is 18.2 Å². The van der Waals surface area contributed by atoms with E-state index in [2.05, 4.69) is 10.6 Å². The van der Waals surface area contributed by atoms with Gasteiger partial charge in [0.1, 0.15) is 0 Å². The highest BCUT2D eigenvalue weighted by molar-refractivity contribution is 5.72. The SMILES string of the molecule is CC(=O)NCCNc1ccc(C)c(N)c1. The van der Waals surface area contributed by atoms with Gasteiger partial charge in [0.15, 0.2) is 0 Å². The van der Waals surface area contributed by atoms with E-state index in [4.69, 9.17) is 5.73 Å². The zero-order valence-electron chi connectivity index (χ0n) is 9.13. The Morgan fingerprint density at radius 3 is 2.73 bits per heavy atom. The molecule has 1 rings (SSSR count). The average molecular weight is 207 g/mol. The summed E-state index contributed by atoms with van der Waals surface area (Å²) in [6.07, 6.45) is 0. The van der Waals surface area contributed by atoms with Crippen molar-refractivity contribution in [3.8, 4) is 0 Å². The first-order valence-electron chi connectivity index (χ1n) is 4.94. The molecule has 0 spiro atoms. The second kappa shape index (κ2) is 5.24. The molecule has 0 aliphatic carbocycles. The summed E-state index contributed by atoms with van der Waals surface area (Å²) in [6, 6.07) is 5.83. The van der Waals surface area contributed by atoms with E-state index < -0.39 is 0 Å². The molecule has 82 valence electrons. The first-order chi connectivity index (χ1) is 7.09. The summed E-state index contributed by atoms with van der Waals surface area (Å²) in [7, 11) is 0. The highest BCUT2D eigenvalue weighted by Crippen LogP contribution is 2.16. The molecule has 0 aliphatic heterocycles. The molecule has 0 saturated carbocycles. The van der Waals surface area contributed by atoms with Crippen molar-refractivity contribution in [2.45, 2.75) is 13.8 Å². The monoisotopic (exact) mass is 207 g/mol. The lowest BCUT2D eigenvalue weighted by Crippen LogP contribution is -2.26. The average Bonchev–Trinajstić information content (AvgIpc) is 2.18. The van der Waals surface area contributed by atoms with Crippen LogP contribution in [-0.2, 0) is 4.79 Å². The smallest absolute Gasteiger partial charge is 0.216 e. The summed E-state index contributed by atoms with van der Waals surface area (Å²) < 4.78 is 0. The molecule has 0 aromatic heterocycles. The van der Waals surface area contributed by atoms with Crippen molar-refractivity contribution in [3.05, 3.63) is 23.8 Å². The molecule has 4 heteroatoms. The molecule has 0 aliphatic rings. The van der Waals surface area contributed by atoms with Gasteiger partial charge in [-0.2, -0.15) is 0 Å². The van der Waals surface area contributed by atoms with Crippen LogP contribution >= 0.6 is 0 Å². The number of hydrogen-bond acceptors (Lipinski definition) is 3. The van der Waals surface area contributed by atoms with Gasteiger partial charge in [0, 0.05) is 31.4 Å². The minimum absolute atomic E-state index is 0.0137. The van der Waals surface area contributed by atoms with Crippen LogP contribution in [0.5, 0.6) is 0 Å². The predicted octanol–water partition coefficient (Wildman–Crippen LogP) is 1.13. The van der Waals surface area contributed by atoms with Crippen molar-refractivity contribution < 1.29 is 4.79 Å². The summed E-state index contributed by atoms with van der Waals surface area (Å²) in [5.74, 6) is -0.0137. The standard InChI is InChI=1S/C11H17N3O/c1-8-3-4-10(7-11(8)12)14-6-5-13-9(2)15/h3-4,7,14H,5-6,12H2,1-2H3,(H,13,15). The normalized spacial score (nSPS) is 9.73. The number of carbonyl (C=O) groups excluding carboxylic acids is 1. The van der Waals surface area contributed by atoms with Crippen molar-refractivity contribution >= 4 is 17.3 Å². The summed E-state index contributed by atoms with van der Waals surface area (Å²) in [6.45, 7) is 4.78. The Kier molecular flexibility index (Phi) is 3.97. The maximum atomic E-state index is 10.6. The second-order valence-corrected chi connectivity index (χ2v) is 3.48. The molecule has 1 aromatic rings. The number of nitrogens with one attached hydrogen (secondary N) is 2. The van der Waals surface area contributed by atoms with Crippen LogP contribution in [0.2, 0.25) is 0 Å². The van der Waals surface area contributed by atoms with E-state index in [1.54, 1.807) is 0 Å². The third kappa shape index (κ3) is 3.89. The lowest BCUT2D eigenvalue weighted by atomic mass is 10.2. The van der Waals surface area contributed by atoms with Gasteiger partial charge in [-0.1, -0.05) is 6.07 Å². The Morgan fingerprint density at radius 2 is 2.13 bits per heavy atom. The van der Waals surface area contributed by atoms with Crippen LogP contribution in [0.4, 0.5) is 11.4 Å². The Bertz CT molecular complexity index is 350. The molecular weight excluding hydrogens is 190 g/mol. The lowest BCUT2D eigenvalue weighted by Gasteiger charge is -2.08. The van der Waals surface area contributed by atoms with E-state index in [0.717, 1.165) is 16.9 Å². The van der Waals surface area contributed by atoms with Crippen molar-refractivity contribution in [2.75, 3.05) is 24.1 Å². The van der Waals surface area contributed by atoms with Gasteiger partial charge in [-0.05, 0) is 24.6 Å². The van der Waals surface area contributed by atoms with Crippen molar-refractivity contribution in [2.24, 2.45) is 0 Å². The van der Waals surface area contributed by atoms with Crippen LogP contribution in [0.25, 0.3) is 0 Å². The molecule has 1 aromatic carbocycles. The van der Waals surface area contributed by atoms with E-state index in [1.165, 1.54) is 6.92 Å². The van der Waals surface area contributed by atoms with Gasteiger partial charge in [0.2, 0.25) is 5.91 Å². The van der Waals surface area contributed by atoms with Crippen LogP contribution in [0.3, 0.4) is 0 Å². The third-order valence-electron chi connectivity index (χ3n) is 2.11. The number of nitrogens with two attached hydrogens (primary N) is 1. The highest BCUT2D eigenvalue weighted by atomic mass is 16.1. The topological polar surface area (TPSA) is 67.2 Å². The number of carbonyl (C=O) groups is 1. The quantitative estimate of drug-likeness (QED) is 0.512. The zero-order chi connectivity index (χ0) is 11.3. The molecule has 0 fully saturated rings. The largest absolute Gasteiger partial charge is 0.398 e. The Morgan fingerprint density at radius 1 is 1.40 bits per heavy atom. The van der Waals surface area contributed by atoms with Crippen molar-refractivity contribution in [3.63, 3.8) is 0 Å². The molecule has 0 saturated heterocycles. The first-order valence-corrected chi connectivity index (χ1v) is 4.94. The first kappa shape index (κ1) is 11.4. The van der Waals surface area contributed by atoms with Gasteiger partial charge in [-0.25, -0.2) is 0 Å².